The topological polar surface area (TPSA) is 63.6 Å². The lowest BCUT2D eigenvalue weighted by atomic mass is 9.46. The second kappa shape index (κ2) is 5.10. The molecule has 3 saturated carbocycles. The molecular formula is C20H25FO4. The molecule has 0 aliphatic heterocycles. The Morgan fingerprint density at radius 3 is 2.68 bits per heavy atom. The monoisotopic (exact) mass is 348 g/mol. The van der Waals surface area contributed by atoms with E-state index in [1.54, 1.807) is 13.0 Å². The van der Waals surface area contributed by atoms with Crippen molar-refractivity contribution >= 4 is 11.6 Å². The Kier molecular flexibility index (Phi) is 3.49. The molecule has 0 heterocycles. The second-order valence-corrected chi connectivity index (χ2v) is 8.59. The molecular weight excluding hydrogens is 323 g/mol. The van der Waals surface area contributed by atoms with Crippen LogP contribution in [-0.2, 0) is 14.3 Å². The minimum Gasteiger partial charge on any atom is -0.390 e. The van der Waals surface area contributed by atoms with Crippen molar-refractivity contribution in [2.75, 3.05) is 7.11 Å². The van der Waals surface area contributed by atoms with Gasteiger partial charge in [0.25, 0.3) is 0 Å². The minimum absolute atomic E-state index is 0.0121. The summed E-state index contributed by atoms with van der Waals surface area (Å²) in [6.07, 6.45) is 4.58. The molecule has 0 radical (unpaired) electrons. The molecule has 0 amide bonds. The predicted octanol–water partition coefficient (Wildman–Crippen LogP) is 2.55. The number of carbonyl (C=O) groups is 2. The number of halogens is 1. The van der Waals surface area contributed by atoms with Gasteiger partial charge in [0.15, 0.2) is 17.2 Å². The number of Topliss-reactive ketones (excluding diaryl/α,β-unsaturated/α-hetero) is 1. The summed E-state index contributed by atoms with van der Waals surface area (Å²) in [5.74, 6) is -0.713. The molecule has 1 N–H and O–H groups in total. The normalized spacial score (nSPS) is 51.6. The van der Waals surface area contributed by atoms with Crippen LogP contribution in [0.25, 0.3) is 0 Å². The van der Waals surface area contributed by atoms with Crippen LogP contribution in [0.1, 0.15) is 39.5 Å². The number of hydrogen-bond donors (Lipinski definition) is 1. The van der Waals surface area contributed by atoms with Gasteiger partial charge in [-0.05, 0) is 50.7 Å². The summed E-state index contributed by atoms with van der Waals surface area (Å²) in [6, 6.07) is 0. The molecule has 0 unspecified atom stereocenters. The fourth-order valence-electron chi connectivity index (χ4n) is 6.19. The van der Waals surface area contributed by atoms with Crippen LogP contribution in [0.4, 0.5) is 4.39 Å². The van der Waals surface area contributed by atoms with Crippen molar-refractivity contribution in [3.63, 3.8) is 0 Å². The number of aliphatic hydroxyl groups is 1. The van der Waals surface area contributed by atoms with Gasteiger partial charge in [-0.2, -0.15) is 0 Å². The molecule has 7 atom stereocenters. The minimum atomic E-state index is -1.87. The molecule has 5 heteroatoms. The lowest BCUT2D eigenvalue weighted by Gasteiger charge is -2.60. The molecule has 0 saturated heterocycles. The zero-order valence-electron chi connectivity index (χ0n) is 14.9. The van der Waals surface area contributed by atoms with Crippen LogP contribution in [0.5, 0.6) is 0 Å². The molecule has 4 rings (SSSR count). The van der Waals surface area contributed by atoms with Crippen molar-refractivity contribution in [3.05, 3.63) is 23.8 Å². The molecule has 25 heavy (non-hydrogen) atoms. The number of ether oxygens (including phenoxy) is 1. The third-order valence-corrected chi connectivity index (χ3v) is 7.64. The van der Waals surface area contributed by atoms with Gasteiger partial charge in [-0.1, -0.05) is 18.6 Å². The zero-order valence-corrected chi connectivity index (χ0v) is 14.9. The lowest BCUT2D eigenvalue weighted by molar-refractivity contribution is -0.190. The first-order chi connectivity index (χ1) is 11.7. The molecule has 3 fully saturated rings. The van der Waals surface area contributed by atoms with Gasteiger partial charge in [0.05, 0.1) is 6.10 Å². The van der Waals surface area contributed by atoms with E-state index in [2.05, 4.69) is 0 Å². The molecule has 4 nitrogen and oxygen atoms in total. The average molecular weight is 348 g/mol. The van der Waals surface area contributed by atoms with Crippen molar-refractivity contribution in [2.24, 2.45) is 22.7 Å². The second-order valence-electron chi connectivity index (χ2n) is 8.59. The summed E-state index contributed by atoms with van der Waals surface area (Å²) < 4.78 is 22.0. The Labute approximate surface area is 147 Å². The third-order valence-electron chi connectivity index (χ3n) is 7.64. The van der Waals surface area contributed by atoms with Crippen LogP contribution in [0.3, 0.4) is 0 Å². The standard InChI is InChI=1S/C20H25FO4/c1-18-10-16(23)20(21)13(14(18)9-15(25-3)17(18)24)5-4-11-8-12(22)6-7-19(11,20)2/h6-8,13-16,23H,4-5,9-10H2,1-3H3/t13-,14-,15+,16+,18-,19-,20-/m0/s1. The molecule has 0 aromatic carbocycles. The number of ketones is 2. The average Bonchev–Trinajstić information content (AvgIpc) is 2.81. The SMILES string of the molecule is CO[C@@H]1C[C@H]2[C@@H]3CCC4=CC(=O)C=C[C@]4(C)[C@@]3(F)[C@H](O)C[C@]2(C)C1=O. The van der Waals surface area contributed by atoms with Gasteiger partial charge in [0, 0.05) is 23.9 Å². The quantitative estimate of drug-likeness (QED) is 0.791. The summed E-state index contributed by atoms with van der Waals surface area (Å²) in [6.45, 7) is 3.64. The Balaban J connectivity index is 1.82. The van der Waals surface area contributed by atoms with Crippen molar-refractivity contribution in [2.45, 2.75) is 57.4 Å². The van der Waals surface area contributed by atoms with Gasteiger partial charge in [-0.3, -0.25) is 9.59 Å². The summed E-state index contributed by atoms with van der Waals surface area (Å²) in [7, 11) is 1.51. The van der Waals surface area contributed by atoms with E-state index in [9.17, 15) is 14.7 Å². The van der Waals surface area contributed by atoms with E-state index in [1.807, 2.05) is 6.92 Å². The summed E-state index contributed by atoms with van der Waals surface area (Å²) in [4.78, 5) is 24.5. The first-order valence-electron chi connectivity index (χ1n) is 9.07. The number of alkyl halides is 1. The van der Waals surface area contributed by atoms with Crippen LogP contribution in [-0.4, -0.2) is 41.7 Å². The maximum absolute atomic E-state index is 16.6. The Morgan fingerprint density at radius 1 is 1.28 bits per heavy atom. The van der Waals surface area contributed by atoms with Crippen molar-refractivity contribution in [1.29, 1.82) is 0 Å². The number of fused-ring (bicyclic) bond motifs is 5. The summed E-state index contributed by atoms with van der Waals surface area (Å²) >= 11 is 0. The van der Waals surface area contributed by atoms with Crippen LogP contribution < -0.4 is 0 Å². The van der Waals surface area contributed by atoms with E-state index in [4.69, 9.17) is 4.74 Å². The number of allylic oxidation sites excluding steroid dienone is 4. The maximum Gasteiger partial charge on any atom is 0.178 e. The van der Waals surface area contributed by atoms with Gasteiger partial charge in [0.2, 0.25) is 0 Å². The Morgan fingerprint density at radius 2 is 2.00 bits per heavy atom. The first kappa shape index (κ1) is 17.1. The van der Waals surface area contributed by atoms with E-state index >= 15 is 4.39 Å². The third kappa shape index (κ3) is 1.89. The molecule has 0 aromatic heterocycles. The number of aliphatic hydroxyl groups excluding tert-OH is 1. The number of carbonyl (C=O) groups excluding carboxylic acids is 2. The highest BCUT2D eigenvalue weighted by Crippen LogP contribution is 2.67. The largest absolute Gasteiger partial charge is 0.390 e. The van der Waals surface area contributed by atoms with Crippen molar-refractivity contribution < 1.29 is 23.8 Å². The number of methoxy groups -OCH3 is 1. The van der Waals surface area contributed by atoms with Crippen molar-refractivity contribution in [1.82, 2.24) is 0 Å². The summed E-state index contributed by atoms with van der Waals surface area (Å²) in [5, 5.41) is 10.9. The zero-order chi connectivity index (χ0) is 18.2. The smallest absolute Gasteiger partial charge is 0.178 e. The molecule has 0 spiro atoms. The Bertz CT molecular complexity index is 712. The summed E-state index contributed by atoms with van der Waals surface area (Å²) in [5.41, 5.74) is -2.86. The molecule has 136 valence electrons. The number of hydrogen-bond acceptors (Lipinski definition) is 4. The van der Waals surface area contributed by atoms with E-state index in [0.717, 1.165) is 5.57 Å². The highest BCUT2D eigenvalue weighted by molar-refractivity contribution is 6.01. The Hall–Kier alpha value is -1.33. The highest BCUT2D eigenvalue weighted by Gasteiger charge is 2.71. The lowest BCUT2D eigenvalue weighted by Crippen LogP contribution is -2.66. The maximum atomic E-state index is 16.6. The fourth-order valence-corrected chi connectivity index (χ4v) is 6.19. The fraction of sp³-hybridized carbons (Fsp3) is 0.700. The van der Waals surface area contributed by atoms with Crippen LogP contribution >= 0.6 is 0 Å². The molecule has 4 aliphatic rings. The van der Waals surface area contributed by atoms with Crippen LogP contribution in [0, 0.1) is 22.7 Å². The van der Waals surface area contributed by atoms with Gasteiger partial charge in [-0.15, -0.1) is 0 Å². The molecule has 0 aromatic rings. The van der Waals surface area contributed by atoms with E-state index in [-0.39, 0.29) is 23.9 Å². The van der Waals surface area contributed by atoms with Gasteiger partial charge in [0.1, 0.15) is 6.10 Å². The molecule has 4 aliphatic carbocycles. The van der Waals surface area contributed by atoms with Gasteiger partial charge >= 0.3 is 0 Å². The number of rotatable bonds is 1. The predicted molar refractivity (Wildman–Crippen MR) is 89.5 cm³/mol. The first-order valence-corrected chi connectivity index (χ1v) is 9.07. The van der Waals surface area contributed by atoms with E-state index in [1.165, 1.54) is 19.3 Å². The highest BCUT2D eigenvalue weighted by atomic mass is 19.1. The van der Waals surface area contributed by atoms with Gasteiger partial charge < -0.3 is 9.84 Å². The van der Waals surface area contributed by atoms with Crippen molar-refractivity contribution in [3.8, 4) is 0 Å². The van der Waals surface area contributed by atoms with E-state index in [0.29, 0.717) is 19.3 Å². The van der Waals surface area contributed by atoms with Crippen LogP contribution in [0.2, 0.25) is 0 Å². The van der Waals surface area contributed by atoms with Gasteiger partial charge in [-0.25, -0.2) is 4.39 Å². The van der Waals surface area contributed by atoms with E-state index < -0.39 is 34.6 Å². The molecule has 0 bridgehead atoms. The van der Waals surface area contributed by atoms with Crippen LogP contribution in [0.15, 0.2) is 23.8 Å².